The molecule has 0 fully saturated rings. The van der Waals surface area contributed by atoms with E-state index in [1.54, 1.807) is 0 Å². The SMILES string of the molecule is COC(=O)C(C)(C)Cc1cc2cc(C(C)C)cnc2[nH]1. The number of aromatic nitrogens is 2. The lowest BCUT2D eigenvalue weighted by molar-refractivity contribution is -0.150. The summed E-state index contributed by atoms with van der Waals surface area (Å²) in [5.41, 5.74) is 2.54. The van der Waals surface area contributed by atoms with Crippen LogP contribution in [0.1, 0.15) is 44.9 Å². The average Bonchev–Trinajstić information content (AvgIpc) is 2.77. The van der Waals surface area contributed by atoms with Gasteiger partial charge in [0, 0.05) is 23.7 Å². The highest BCUT2D eigenvalue weighted by Gasteiger charge is 2.29. The Morgan fingerprint density at radius 3 is 2.70 bits per heavy atom. The number of nitrogens with zero attached hydrogens (tertiary/aromatic N) is 1. The van der Waals surface area contributed by atoms with E-state index in [1.807, 2.05) is 20.0 Å². The van der Waals surface area contributed by atoms with Crippen LogP contribution >= 0.6 is 0 Å². The van der Waals surface area contributed by atoms with E-state index in [0.29, 0.717) is 12.3 Å². The first-order chi connectivity index (χ1) is 9.33. The van der Waals surface area contributed by atoms with Gasteiger partial charge in [0.05, 0.1) is 12.5 Å². The van der Waals surface area contributed by atoms with Crippen LogP contribution in [0.15, 0.2) is 18.3 Å². The minimum Gasteiger partial charge on any atom is -0.469 e. The maximum absolute atomic E-state index is 11.7. The van der Waals surface area contributed by atoms with E-state index < -0.39 is 5.41 Å². The van der Waals surface area contributed by atoms with Crippen LogP contribution in [0, 0.1) is 5.41 Å². The molecule has 4 heteroatoms. The molecule has 0 spiro atoms. The molecule has 0 bridgehead atoms. The first kappa shape index (κ1) is 14.6. The van der Waals surface area contributed by atoms with Gasteiger partial charge in [0.1, 0.15) is 5.65 Å². The van der Waals surface area contributed by atoms with Crippen LogP contribution in [0.5, 0.6) is 0 Å². The van der Waals surface area contributed by atoms with Crippen molar-refractivity contribution in [2.75, 3.05) is 7.11 Å². The summed E-state index contributed by atoms with van der Waals surface area (Å²) in [5, 5.41) is 1.09. The molecule has 2 aromatic heterocycles. The van der Waals surface area contributed by atoms with Crippen molar-refractivity contribution in [3.05, 3.63) is 29.6 Å². The van der Waals surface area contributed by atoms with E-state index in [-0.39, 0.29) is 5.97 Å². The van der Waals surface area contributed by atoms with Gasteiger partial charge < -0.3 is 9.72 Å². The topological polar surface area (TPSA) is 55.0 Å². The Morgan fingerprint density at radius 1 is 1.40 bits per heavy atom. The van der Waals surface area contributed by atoms with Crippen LogP contribution < -0.4 is 0 Å². The molecule has 20 heavy (non-hydrogen) atoms. The third-order valence-electron chi connectivity index (χ3n) is 3.58. The Labute approximate surface area is 119 Å². The van der Waals surface area contributed by atoms with Gasteiger partial charge in [-0.05, 0) is 37.5 Å². The Bertz CT molecular complexity index is 626. The van der Waals surface area contributed by atoms with Gasteiger partial charge in [0.15, 0.2) is 0 Å². The summed E-state index contributed by atoms with van der Waals surface area (Å²) in [6.07, 6.45) is 2.51. The zero-order valence-corrected chi connectivity index (χ0v) is 12.8. The van der Waals surface area contributed by atoms with Gasteiger partial charge in [-0.15, -0.1) is 0 Å². The summed E-state index contributed by atoms with van der Waals surface area (Å²) in [5.74, 6) is 0.253. The summed E-state index contributed by atoms with van der Waals surface area (Å²) in [4.78, 5) is 19.5. The average molecular weight is 274 g/mol. The van der Waals surface area contributed by atoms with Crippen molar-refractivity contribution < 1.29 is 9.53 Å². The number of methoxy groups -OCH3 is 1. The molecular weight excluding hydrogens is 252 g/mol. The molecule has 0 amide bonds. The normalized spacial score (nSPS) is 12.1. The zero-order valence-electron chi connectivity index (χ0n) is 12.8. The number of rotatable bonds is 4. The highest BCUT2D eigenvalue weighted by atomic mass is 16.5. The monoisotopic (exact) mass is 274 g/mol. The molecule has 0 atom stereocenters. The first-order valence-electron chi connectivity index (χ1n) is 6.89. The molecule has 0 radical (unpaired) electrons. The number of H-pyrrole nitrogens is 1. The minimum atomic E-state index is -0.545. The van der Waals surface area contributed by atoms with E-state index in [9.17, 15) is 4.79 Å². The fourth-order valence-electron chi connectivity index (χ4n) is 2.32. The molecule has 0 saturated heterocycles. The molecular formula is C16H22N2O2. The lowest BCUT2D eigenvalue weighted by Crippen LogP contribution is -2.28. The number of ether oxygens (including phenoxy) is 1. The maximum Gasteiger partial charge on any atom is 0.311 e. The van der Waals surface area contributed by atoms with Crippen molar-refractivity contribution in [1.82, 2.24) is 9.97 Å². The summed E-state index contributed by atoms with van der Waals surface area (Å²) < 4.78 is 4.84. The molecule has 0 saturated carbocycles. The molecule has 1 N–H and O–H groups in total. The number of carbonyl (C=O) groups is 1. The van der Waals surface area contributed by atoms with Crippen LogP contribution in [-0.4, -0.2) is 23.0 Å². The third kappa shape index (κ3) is 2.84. The van der Waals surface area contributed by atoms with E-state index >= 15 is 0 Å². The second kappa shape index (κ2) is 5.27. The van der Waals surface area contributed by atoms with E-state index in [2.05, 4.69) is 35.9 Å². The Hall–Kier alpha value is -1.84. The summed E-state index contributed by atoms with van der Waals surface area (Å²) in [7, 11) is 1.42. The largest absolute Gasteiger partial charge is 0.469 e. The lowest BCUT2D eigenvalue weighted by Gasteiger charge is -2.20. The van der Waals surface area contributed by atoms with Crippen LogP contribution in [0.25, 0.3) is 11.0 Å². The fourth-order valence-corrected chi connectivity index (χ4v) is 2.32. The predicted molar refractivity (Wildman–Crippen MR) is 79.7 cm³/mol. The van der Waals surface area contributed by atoms with Crippen LogP contribution in [0.2, 0.25) is 0 Å². The summed E-state index contributed by atoms with van der Waals surface area (Å²) >= 11 is 0. The Morgan fingerprint density at radius 2 is 2.10 bits per heavy atom. The second-order valence-corrected chi connectivity index (χ2v) is 6.21. The molecule has 4 nitrogen and oxygen atoms in total. The predicted octanol–water partition coefficient (Wildman–Crippen LogP) is 3.43. The third-order valence-corrected chi connectivity index (χ3v) is 3.58. The highest BCUT2D eigenvalue weighted by Crippen LogP contribution is 2.26. The summed E-state index contributed by atoms with van der Waals surface area (Å²) in [6, 6.07) is 4.22. The van der Waals surface area contributed by atoms with Gasteiger partial charge in [-0.1, -0.05) is 13.8 Å². The fraction of sp³-hybridized carbons (Fsp3) is 0.500. The van der Waals surface area contributed by atoms with Crippen molar-refractivity contribution in [2.24, 2.45) is 5.41 Å². The van der Waals surface area contributed by atoms with Gasteiger partial charge in [-0.25, -0.2) is 4.98 Å². The van der Waals surface area contributed by atoms with Crippen molar-refractivity contribution >= 4 is 17.0 Å². The molecule has 0 aliphatic rings. The Kier molecular flexibility index (Phi) is 3.84. The van der Waals surface area contributed by atoms with Crippen molar-refractivity contribution in [1.29, 1.82) is 0 Å². The number of aromatic amines is 1. The van der Waals surface area contributed by atoms with E-state index in [1.165, 1.54) is 12.7 Å². The Balaban J connectivity index is 2.30. The standard InChI is InChI=1S/C16H22N2O2/c1-10(2)12-6-11-7-13(18-14(11)17-9-12)8-16(3,4)15(19)20-5/h6-7,9-10H,8H2,1-5H3,(H,17,18). The number of hydrogen-bond donors (Lipinski definition) is 1. The molecule has 2 rings (SSSR count). The maximum atomic E-state index is 11.7. The zero-order chi connectivity index (χ0) is 14.9. The highest BCUT2D eigenvalue weighted by molar-refractivity contribution is 5.79. The van der Waals surface area contributed by atoms with E-state index in [4.69, 9.17) is 4.74 Å². The molecule has 0 aliphatic carbocycles. The van der Waals surface area contributed by atoms with Gasteiger partial charge in [-0.3, -0.25) is 4.79 Å². The van der Waals surface area contributed by atoms with Gasteiger partial charge in [0.25, 0.3) is 0 Å². The summed E-state index contributed by atoms with van der Waals surface area (Å²) in [6.45, 7) is 8.07. The molecule has 2 heterocycles. The van der Waals surface area contributed by atoms with Gasteiger partial charge in [0.2, 0.25) is 0 Å². The van der Waals surface area contributed by atoms with Crippen molar-refractivity contribution in [2.45, 2.75) is 40.0 Å². The van der Waals surface area contributed by atoms with Gasteiger partial charge in [-0.2, -0.15) is 0 Å². The molecule has 0 aliphatic heterocycles. The van der Waals surface area contributed by atoms with Crippen LogP contribution in [-0.2, 0) is 16.0 Å². The number of fused-ring (bicyclic) bond motifs is 1. The van der Waals surface area contributed by atoms with Gasteiger partial charge >= 0.3 is 5.97 Å². The van der Waals surface area contributed by atoms with Crippen molar-refractivity contribution in [3.8, 4) is 0 Å². The first-order valence-corrected chi connectivity index (χ1v) is 6.89. The van der Waals surface area contributed by atoms with Crippen LogP contribution in [0.3, 0.4) is 0 Å². The number of pyridine rings is 1. The minimum absolute atomic E-state index is 0.202. The molecule has 0 aromatic carbocycles. The number of nitrogens with one attached hydrogen (secondary N) is 1. The number of hydrogen-bond acceptors (Lipinski definition) is 3. The smallest absolute Gasteiger partial charge is 0.311 e. The number of esters is 1. The molecule has 108 valence electrons. The second-order valence-electron chi connectivity index (χ2n) is 6.21. The van der Waals surface area contributed by atoms with Crippen molar-refractivity contribution in [3.63, 3.8) is 0 Å². The van der Waals surface area contributed by atoms with Crippen LogP contribution in [0.4, 0.5) is 0 Å². The molecule has 0 unspecified atom stereocenters. The quantitative estimate of drug-likeness (QED) is 0.869. The molecule has 2 aromatic rings. The number of carbonyl (C=O) groups excluding carboxylic acids is 1. The lowest BCUT2D eigenvalue weighted by atomic mass is 9.88. The van der Waals surface area contributed by atoms with E-state index in [0.717, 1.165) is 16.7 Å².